The van der Waals surface area contributed by atoms with Crippen LogP contribution in [0.1, 0.15) is 50.8 Å². The molecular weight excluding hydrogens is 300 g/mol. The molecule has 0 radical (unpaired) electrons. The van der Waals surface area contributed by atoms with E-state index in [0.29, 0.717) is 10.8 Å². The fourth-order valence-electron chi connectivity index (χ4n) is 3.48. The largest absolute Gasteiger partial charge is 0.342 e. The number of nitrogens with zero attached hydrogens (tertiary/aromatic N) is 3. The topological polar surface area (TPSA) is 64.2 Å². The van der Waals surface area contributed by atoms with Crippen LogP contribution in [0.2, 0.25) is 0 Å². The molecule has 3 rings (SSSR count). The lowest BCUT2D eigenvalue weighted by atomic mass is 9.83. The van der Waals surface area contributed by atoms with Gasteiger partial charge in [-0.1, -0.05) is 19.9 Å². The third-order valence-electron chi connectivity index (χ3n) is 5.22. The molecule has 0 aliphatic carbocycles. The van der Waals surface area contributed by atoms with Crippen LogP contribution in [-0.2, 0) is 7.05 Å². The molecule has 1 aromatic carbocycles. The first kappa shape index (κ1) is 17.0. The molecule has 1 atom stereocenters. The van der Waals surface area contributed by atoms with Gasteiger partial charge in [-0.3, -0.25) is 9.36 Å². The van der Waals surface area contributed by atoms with E-state index >= 15 is 0 Å². The maximum Gasteiger partial charge on any atom is 0.262 e. The van der Waals surface area contributed by atoms with Gasteiger partial charge in [0, 0.05) is 26.2 Å². The number of aryl methyl sites for hydroxylation is 1. The van der Waals surface area contributed by atoms with Crippen molar-refractivity contribution in [1.29, 1.82) is 0 Å². The number of benzene rings is 1. The molecule has 1 unspecified atom stereocenters. The highest BCUT2D eigenvalue weighted by atomic mass is 16.1. The Morgan fingerprint density at radius 2 is 1.88 bits per heavy atom. The molecule has 1 aromatic heterocycles. The second-order valence-corrected chi connectivity index (χ2v) is 7.97. The van der Waals surface area contributed by atoms with E-state index in [4.69, 9.17) is 10.7 Å². The van der Waals surface area contributed by atoms with Crippen LogP contribution in [0.3, 0.4) is 0 Å². The minimum absolute atomic E-state index is 0.00503. The molecule has 130 valence electrons. The van der Waals surface area contributed by atoms with Crippen molar-refractivity contribution in [3.8, 4) is 0 Å². The molecular formula is C19H28N4O. The minimum atomic E-state index is -0.153. The Balaban J connectivity index is 2.17. The second kappa shape index (κ2) is 5.88. The van der Waals surface area contributed by atoms with Gasteiger partial charge in [-0.05, 0) is 49.3 Å². The van der Waals surface area contributed by atoms with E-state index in [1.807, 2.05) is 33.0 Å². The maximum absolute atomic E-state index is 12.9. The molecule has 1 fully saturated rings. The molecule has 0 bridgehead atoms. The normalized spacial score (nSPS) is 18.8. The second-order valence-electron chi connectivity index (χ2n) is 7.97. The van der Waals surface area contributed by atoms with Gasteiger partial charge >= 0.3 is 0 Å². The summed E-state index contributed by atoms with van der Waals surface area (Å²) in [5.41, 5.74) is 9.24. The lowest BCUT2D eigenvalue weighted by Crippen LogP contribution is -2.40. The third kappa shape index (κ3) is 2.93. The highest BCUT2D eigenvalue weighted by Gasteiger charge is 2.27. The van der Waals surface area contributed by atoms with Crippen LogP contribution >= 0.6 is 0 Å². The average molecular weight is 328 g/mol. The van der Waals surface area contributed by atoms with Gasteiger partial charge in [0.25, 0.3) is 5.56 Å². The summed E-state index contributed by atoms with van der Waals surface area (Å²) in [5, 5.41) is 0.658. The van der Waals surface area contributed by atoms with Crippen LogP contribution in [0.4, 0.5) is 5.95 Å². The Labute approximate surface area is 143 Å². The highest BCUT2D eigenvalue weighted by Crippen LogP contribution is 2.32. The van der Waals surface area contributed by atoms with Gasteiger partial charge in [-0.25, -0.2) is 4.98 Å². The molecule has 24 heavy (non-hydrogen) atoms. The van der Waals surface area contributed by atoms with Gasteiger partial charge in [0.1, 0.15) is 0 Å². The van der Waals surface area contributed by atoms with Crippen LogP contribution in [0.25, 0.3) is 10.9 Å². The van der Waals surface area contributed by atoms with Crippen molar-refractivity contribution in [3.63, 3.8) is 0 Å². The van der Waals surface area contributed by atoms with Crippen LogP contribution < -0.4 is 16.2 Å². The zero-order valence-corrected chi connectivity index (χ0v) is 15.4. The lowest BCUT2D eigenvalue weighted by molar-refractivity contribution is 0.277. The number of fused-ring (bicyclic) bond motifs is 1. The number of hydrogen-bond donors (Lipinski definition) is 1. The molecule has 5 heteroatoms. The monoisotopic (exact) mass is 328 g/mol. The van der Waals surface area contributed by atoms with E-state index in [-0.39, 0.29) is 11.6 Å². The average Bonchev–Trinajstić information content (AvgIpc) is 2.51. The summed E-state index contributed by atoms with van der Waals surface area (Å²) in [6, 6.07) is 3.81. The van der Waals surface area contributed by atoms with E-state index in [2.05, 4.69) is 18.7 Å². The first-order chi connectivity index (χ1) is 11.2. The summed E-state index contributed by atoms with van der Waals surface area (Å²) < 4.78 is 1.69. The fourth-order valence-corrected chi connectivity index (χ4v) is 3.48. The summed E-state index contributed by atoms with van der Waals surface area (Å²) in [6.07, 6.45) is 2.21. The summed E-state index contributed by atoms with van der Waals surface area (Å²) in [5.74, 6) is 0.758. The van der Waals surface area contributed by atoms with Crippen molar-refractivity contribution in [2.24, 2.45) is 18.2 Å². The third-order valence-corrected chi connectivity index (χ3v) is 5.22. The van der Waals surface area contributed by atoms with E-state index in [0.717, 1.165) is 48.5 Å². The van der Waals surface area contributed by atoms with Crippen molar-refractivity contribution >= 4 is 16.9 Å². The Morgan fingerprint density at radius 3 is 2.46 bits per heavy atom. The molecule has 0 spiro atoms. The summed E-state index contributed by atoms with van der Waals surface area (Å²) in [4.78, 5) is 20.0. The number of piperidine rings is 1. The number of aromatic nitrogens is 2. The smallest absolute Gasteiger partial charge is 0.262 e. The minimum Gasteiger partial charge on any atom is -0.342 e. The highest BCUT2D eigenvalue weighted by molar-refractivity contribution is 5.83. The molecule has 2 heterocycles. The zero-order chi connectivity index (χ0) is 17.6. The van der Waals surface area contributed by atoms with E-state index < -0.39 is 0 Å². The van der Waals surface area contributed by atoms with Crippen molar-refractivity contribution in [2.45, 2.75) is 46.6 Å². The summed E-state index contributed by atoms with van der Waals surface area (Å²) in [7, 11) is 1.82. The molecule has 2 N–H and O–H groups in total. The number of nitrogens with two attached hydrogens (primary N) is 1. The van der Waals surface area contributed by atoms with Crippen LogP contribution in [-0.4, -0.2) is 22.6 Å². The van der Waals surface area contributed by atoms with Gasteiger partial charge in [-0.2, -0.15) is 0 Å². The predicted molar refractivity (Wildman–Crippen MR) is 99.6 cm³/mol. The number of rotatable bonds is 2. The maximum atomic E-state index is 12.9. The van der Waals surface area contributed by atoms with Crippen molar-refractivity contribution in [2.75, 3.05) is 18.0 Å². The first-order valence-electron chi connectivity index (χ1n) is 8.71. The first-order valence-corrected chi connectivity index (χ1v) is 8.71. The standard InChI is InChI=1S/C19H28N4O/c1-12-10-14(13(2)20)16-15(11-12)17(24)22(5)18(21-16)23-8-6-19(3,4)7-9-23/h10-11,13H,6-9,20H2,1-5H3. The van der Waals surface area contributed by atoms with Crippen LogP contribution in [0.5, 0.6) is 0 Å². The fraction of sp³-hybridized carbons (Fsp3) is 0.579. The van der Waals surface area contributed by atoms with Gasteiger partial charge in [0.15, 0.2) is 0 Å². The predicted octanol–water partition coefficient (Wildman–Crippen LogP) is 2.89. The van der Waals surface area contributed by atoms with E-state index in [9.17, 15) is 4.79 Å². The van der Waals surface area contributed by atoms with E-state index in [1.165, 1.54) is 0 Å². The van der Waals surface area contributed by atoms with Crippen molar-refractivity contribution in [1.82, 2.24) is 9.55 Å². The quantitative estimate of drug-likeness (QED) is 0.920. The van der Waals surface area contributed by atoms with Crippen molar-refractivity contribution < 1.29 is 0 Å². The van der Waals surface area contributed by atoms with Crippen LogP contribution in [0, 0.1) is 12.3 Å². The van der Waals surface area contributed by atoms with Gasteiger partial charge in [0.2, 0.25) is 5.95 Å². The summed E-state index contributed by atoms with van der Waals surface area (Å²) >= 11 is 0. The molecule has 1 aliphatic rings. The summed E-state index contributed by atoms with van der Waals surface area (Å²) in [6.45, 7) is 10.4. The Kier molecular flexibility index (Phi) is 4.16. The Bertz CT molecular complexity index is 825. The zero-order valence-electron chi connectivity index (χ0n) is 15.4. The Hall–Kier alpha value is -1.88. The van der Waals surface area contributed by atoms with Gasteiger partial charge < -0.3 is 10.6 Å². The Morgan fingerprint density at radius 1 is 1.25 bits per heavy atom. The molecule has 0 amide bonds. The molecule has 1 aliphatic heterocycles. The SMILES string of the molecule is Cc1cc(C(C)N)c2nc(N3CCC(C)(C)CC3)n(C)c(=O)c2c1. The molecule has 0 saturated carbocycles. The van der Waals surface area contributed by atoms with Crippen molar-refractivity contribution in [3.05, 3.63) is 33.6 Å². The lowest BCUT2D eigenvalue weighted by Gasteiger charge is -2.38. The molecule has 1 saturated heterocycles. The molecule has 2 aromatic rings. The van der Waals surface area contributed by atoms with E-state index in [1.54, 1.807) is 4.57 Å². The van der Waals surface area contributed by atoms with Gasteiger partial charge in [-0.15, -0.1) is 0 Å². The van der Waals surface area contributed by atoms with Gasteiger partial charge in [0.05, 0.1) is 10.9 Å². The number of anilines is 1. The van der Waals surface area contributed by atoms with Crippen LogP contribution in [0.15, 0.2) is 16.9 Å². The number of hydrogen-bond acceptors (Lipinski definition) is 4. The molecule has 5 nitrogen and oxygen atoms in total.